The van der Waals surface area contributed by atoms with Crippen LogP contribution in [0.25, 0.3) is 11.7 Å². The Morgan fingerprint density at radius 1 is 1.26 bits per heavy atom. The van der Waals surface area contributed by atoms with Gasteiger partial charge in [0.05, 0.1) is 0 Å². The summed E-state index contributed by atoms with van der Waals surface area (Å²) in [7, 11) is 4.22. The lowest BCUT2D eigenvalue weighted by Gasteiger charge is -2.25. The molecule has 0 radical (unpaired) electrons. The maximum atomic E-state index is 4.26. The zero-order valence-corrected chi connectivity index (χ0v) is 11.5. The average Bonchev–Trinajstić information content (AvgIpc) is 2.41. The summed E-state index contributed by atoms with van der Waals surface area (Å²) in [6.45, 7) is 2.46. The number of rotatable bonds is 1. The van der Waals surface area contributed by atoms with Crippen molar-refractivity contribution in [2.24, 2.45) is 7.05 Å². The Labute approximate surface area is 113 Å². The first-order chi connectivity index (χ1) is 9.18. The van der Waals surface area contributed by atoms with E-state index in [1.54, 1.807) is 0 Å². The first-order valence-electron chi connectivity index (χ1n) is 6.47. The average molecular weight is 250 g/mol. The summed E-state index contributed by atoms with van der Waals surface area (Å²) in [5.74, 6) is 0. The summed E-state index contributed by atoms with van der Waals surface area (Å²) in [4.78, 5) is 6.53. The highest BCUT2D eigenvalue weighted by Crippen LogP contribution is 2.05. The molecule has 0 N–H and O–H groups in total. The van der Waals surface area contributed by atoms with Crippen LogP contribution in [0.4, 0.5) is 0 Å². The topological polar surface area (TPSA) is 20.0 Å². The van der Waals surface area contributed by atoms with Gasteiger partial charge in [0, 0.05) is 18.5 Å². The van der Waals surface area contributed by atoms with E-state index >= 15 is 0 Å². The Morgan fingerprint density at radius 2 is 2.11 bits per heavy atom. The maximum absolute atomic E-state index is 4.26. The minimum atomic E-state index is 0.267. The molecule has 0 bridgehead atoms. The van der Waals surface area contributed by atoms with Crippen molar-refractivity contribution in [1.29, 1.82) is 0 Å². The minimum absolute atomic E-state index is 0.267. The molecule has 1 aliphatic rings. The van der Waals surface area contributed by atoms with Crippen molar-refractivity contribution in [1.82, 2.24) is 9.79 Å². The molecule has 2 aromatic rings. The lowest BCUT2D eigenvalue weighted by Crippen LogP contribution is -2.62. The summed E-state index contributed by atoms with van der Waals surface area (Å²) < 4.78 is 2.18. The molecule has 2 aromatic heterocycles. The van der Waals surface area contributed by atoms with Crippen LogP contribution in [0, 0.1) is 0 Å². The van der Waals surface area contributed by atoms with Crippen LogP contribution >= 0.6 is 0 Å². The van der Waals surface area contributed by atoms with E-state index in [0.717, 1.165) is 0 Å². The van der Waals surface area contributed by atoms with Gasteiger partial charge in [-0.05, 0) is 42.7 Å². The molecule has 0 aliphatic carbocycles. The second kappa shape index (κ2) is 4.54. The number of nitrogens with zero attached hydrogens (tertiary/aromatic N) is 3. The molecule has 0 fully saturated rings. The third-order valence-electron chi connectivity index (χ3n) is 3.81. The maximum Gasteiger partial charge on any atom is 0.399 e. The van der Waals surface area contributed by atoms with Crippen LogP contribution in [0.15, 0.2) is 42.9 Å². The Balaban J connectivity index is 2.25. The van der Waals surface area contributed by atoms with Crippen LogP contribution in [0.1, 0.15) is 6.92 Å². The fourth-order valence-corrected chi connectivity index (χ4v) is 2.85. The molecule has 0 unspecified atom stereocenters. The van der Waals surface area contributed by atoms with E-state index in [4.69, 9.17) is 0 Å². The van der Waals surface area contributed by atoms with Crippen LogP contribution in [0.3, 0.4) is 0 Å². The molecule has 0 saturated heterocycles. The standard InChI is InChI=1S/C15H17BN3/c1-12-14-10-17-8-7-13(14)11-19(3)16(12)15-6-4-5-9-18(15)2/h4-11H,1-3H3/q+1. The van der Waals surface area contributed by atoms with E-state index in [2.05, 4.69) is 72.0 Å². The lowest BCUT2D eigenvalue weighted by atomic mass is 9.50. The summed E-state index contributed by atoms with van der Waals surface area (Å²) in [6.07, 6.45) is 8.10. The Bertz CT molecular complexity index is 739. The highest BCUT2D eigenvalue weighted by molar-refractivity contribution is 6.85. The molecule has 0 aromatic carbocycles. The first-order valence-corrected chi connectivity index (χ1v) is 6.47. The molecule has 4 heteroatoms. The van der Waals surface area contributed by atoms with Gasteiger partial charge in [0.25, 0.3) is 0 Å². The molecule has 3 nitrogen and oxygen atoms in total. The van der Waals surface area contributed by atoms with Crippen molar-refractivity contribution < 1.29 is 4.57 Å². The third kappa shape index (κ3) is 1.93. The van der Waals surface area contributed by atoms with Gasteiger partial charge in [0.1, 0.15) is 7.05 Å². The van der Waals surface area contributed by atoms with Gasteiger partial charge in [-0.3, -0.25) is 4.98 Å². The van der Waals surface area contributed by atoms with Crippen LogP contribution in [0.2, 0.25) is 0 Å². The van der Waals surface area contributed by atoms with Crippen molar-refractivity contribution in [3.63, 3.8) is 0 Å². The quantitative estimate of drug-likeness (QED) is 0.487. The molecule has 1 aliphatic heterocycles. The smallest absolute Gasteiger partial charge is 0.399 e. The van der Waals surface area contributed by atoms with Crippen molar-refractivity contribution >= 4 is 24.1 Å². The molecule has 3 heterocycles. The fraction of sp³-hybridized carbons (Fsp3) is 0.200. The van der Waals surface area contributed by atoms with Crippen molar-refractivity contribution in [2.75, 3.05) is 7.05 Å². The Kier molecular flexibility index (Phi) is 2.86. The predicted molar refractivity (Wildman–Crippen MR) is 77.8 cm³/mol. The van der Waals surface area contributed by atoms with Crippen molar-refractivity contribution in [2.45, 2.75) is 6.92 Å². The Morgan fingerprint density at radius 3 is 2.89 bits per heavy atom. The zero-order chi connectivity index (χ0) is 13.4. The first kappa shape index (κ1) is 12.0. The number of pyridine rings is 2. The molecular weight excluding hydrogens is 233 g/mol. The Hall–Kier alpha value is -2.10. The van der Waals surface area contributed by atoms with Crippen LogP contribution in [-0.2, 0) is 7.05 Å². The van der Waals surface area contributed by atoms with Gasteiger partial charge in [-0.1, -0.05) is 11.5 Å². The molecule has 0 spiro atoms. The summed E-state index contributed by atoms with van der Waals surface area (Å²) in [5.41, 5.74) is 2.63. The monoisotopic (exact) mass is 250 g/mol. The van der Waals surface area contributed by atoms with Crippen molar-refractivity contribution in [3.05, 3.63) is 53.3 Å². The number of hydrogen-bond acceptors (Lipinski definition) is 2. The summed E-state index contributed by atoms with van der Waals surface area (Å²) in [6, 6.07) is 8.40. The normalized spacial score (nSPS) is 14.2. The highest BCUT2D eigenvalue weighted by atomic mass is 15.0. The van der Waals surface area contributed by atoms with Crippen LogP contribution in [-0.4, -0.2) is 23.7 Å². The van der Waals surface area contributed by atoms with Gasteiger partial charge < -0.3 is 4.81 Å². The third-order valence-corrected chi connectivity index (χ3v) is 3.81. The molecular formula is C15H17BN3+. The van der Waals surface area contributed by atoms with Gasteiger partial charge in [0.15, 0.2) is 11.8 Å². The predicted octanol–water partition coefficient (Wildman–Crippen LogP) is -0.802. The lowest BCUT2D eigenvalue weighted by molar-refractivity contribution is -0.654. The molecule has 0 atom stereocenters. The van der Waals surface area contributed by atoms with Gasteiger partial charge in [-0.2, -0.15) is 0 Å². The van der Waals surface area contributed by atoms with E-state index in [1.165, 1.54) is 21.5 Å². The number of aryl methyl sites for hydroxylation is 1. The van der Waals surface area contributed by atoms with E-state index in [0.29, 0.717) is 0 Å². The van der Waals surface area contributed by atoms with Crippen molar-refractivity contribution in [3.8, 4) is 0 Å². The fourth-order valence-electron chi connectivity index (χ4n) is 2.85. The number of aromatic nitrogens is 2. The van der Waals surface area contributed by atoms with Gasteiger partial charge in [-0.25, -0.2) is 4.57 Å². The molecule has 19 heavy (non-hydrogen) atoms. The molecule has 0 saturated carbocycles. The minimum Gasteiger partial charge on any atom is -0.410 e. The van der Waals surface area contributed by atoms with E-state index < -0.39 is 0 Å². The van der Waals surface area contributed by atoms with Crippen LogP contribution < -0.4 is 20.6 Å². The number of fused-ring (bicyclic) bond motifs is 1. The largest absolute Gasteiger partial charge is 0.410 e. The van der Waals surface area contributed by atoms with Gasteiger partial charge >= 0.3 is 6.85 Å². The van der Waals surface area contributed by atoms with E-state index in [9.17, 15) is 0 Å². The highest BCUT2D eigenvalue weighted by Gasteiger charge is 2.33. The van der Waals surface area contributed by atoms with Gasteiger partial charge in [-0.15, -0.1) is 0 Å². The summed E-state index contributed by atoms with van der Waals surface area (Å²) >= 11 is 0. The van der Waals surface area contributed by atoms with E-state index in [-0.39, 0.29) is 6.85 Å². The second-order valence-electron chi connectivity index (χ2n) is 5.08. The number of hydrogen-bond donors (Lipinski definition) is 0. The van der Waals surface area contributed by atoms with E-state index in [1.807, 2.05) is 12.4 Å². The summed E-state index contributed by atoms with van der Waals surface area (Å²) in [5, 5.41) is 2.49. The van der Waals surface area contributed by atoms with Crippen LogP contribution in [0.5, 0.6) is 0 Å². The second-order valence-corrected chi connectivity index (χ2v) is 5.08. The zero-order valence-electron chi connectivity index (χ0n) is 11.5. The molecule has 0 amide bonds. The molecule has 94 valence electrons. The van der Waals surface area contributed by atoms with Gasteiger partial charge in [0.2, 0.25) is 0 Å². The molecule has 3 rings (SSSR count). The SMILES string of the molecule is CC1=c2cnccc2=CN(C)B1c1cccc[n+]1C.